The molecule has 1 amide bonds. The second kappa shape index (κ2) is 5.53. The molecule has 3 N–H and O–H groups in total. The number of anilines is 2. The summed E-state index contributed by atoms with van der Waals surface area (Å²) in [6, 6.07) is 6.38. The van der Waals surface area contributed by atoms with E-state index in [9.17, 15) is 23.7 Å². The number of nitro benzene ring substituents is 1. The average molecular weight is 293 g/mol. The van der Waals surface area contributed by atoms with E-state index in [1.807, 2.05) is 5.32 Å². The lowest BCUT2D eigenvalue weighted by atomic mass is 10.1. The van der Waals surface area contributed by atoms with Gasteiger partial charge in [-0.05, 0) is 24.3 Å². The number of nitro groups is 1. The van der Waals surface area contributed by atoms with Crippen LogP contribution in [0.4, 0.5) is 25.8 Å². The zero-order chi connectivity index (χ0) is 15.6. The van der Waals surface area contributed by atoms with Crippen LogP contribution >= 0.6 is 0 Å². The lowest BCUT2D eigenvalue weighted by Gasteiger charge is -2.08. The molecule has 2 aromatic carbocycles. The molecule has 0 aliphatic heterocycles. The minimum Gasteiger partial charge on any atom is -0.399 e. The molecule has 0 atom stereocenters. The van der Waals surface area contributed by atoms with Crippen LogP contribution in [0.25, 0.3) is 0 Å². The first-order chi connectivity index (χ1) is 9.90. The number of hydrogen-bond donors (Lipinski definition) is 2. The van der Waals surface area contributed by atoms with E-state index in [4.69, 9.17) is 5.73 Å². The van der Waals surface area contributed by atoms with Gasteiger partial charge >= 0.3 is 0 Å². The van der Waals surface area contributed by atoms with Crippen molar-refractivity contribution in [3.8, 4) is 0 Å². The van der Waals surface area contributed by atoms with E-state index in [2.05, 4.69) is 0 Å². The van der Waals surface area contributed by atoms with Gasteiger partial charge in [0.15, 0.2) is 0 Å². The molecule has 0 aliphatic carbocycles. The van der Waals surface area contributed by atoms with Crippen molar-refractivity contribution in [3.05, 3.63) is 63.7 Å². The van der Waals surface area contributed by atoms with E-state index in [1.165, 1.54) is 6.07 Å². The smallest absolute Gasteiger partial charge is 0.282 e. The number of amides is 1. The molecule has 2 rings (SSSR count). The fourth-order valence-electron chi connectivity index (χ4n) is 1.69. The highest BCUT2D eigenvalue weighted by atomic mass is 19.1. The minimum atomic E-state index is -1.03. The Labute approximate surface area is 117 Å². The number of nitrogen functional groups attached to an aromatic ring is 1. The number of rotatable bonds is 3. The Hall–Kier alpha value is -3.03. The zero-order valence-corrected chi connectivity index (χ0v) is 10.5. The Balaban J connectivity index is 2.41. The SMILES string of the molecule is Nc1ccc([N+](=O)[O-])c(C(=O)Nc2c(F)cccc2F)c1. The van der Waals surface area contributed by atoms with Crippen molar-refractivity contribution in [1.82, 2.24) is 0 Å². The molecule has 0 fully saturated rings. The number of carbonyl (C=O) groups is 1. The molecular weight excluding hydrogens is 284 g/mol. The highest BCUT2D eigenvalue weighted by Gasteiger charge is 2.22. The number of hydrogen-bond acceptors (Lipinski definition) is 4. The van der Waals surface area contributed by atoms with Gasteiger partial charge < -0.3 is 11.1 Å². The van der Waals surface area contributed by atoms with Crippen LogP contribution in [-0.4, -0.2) is 10.8 Å². The van der Waals surface area contributed by atoms with Crippen molar-refractivity contribution in [3.63, 3.8) is 0 Å². The molecule has 0 unspecified atom stereocenters. The van der Waals surface area contributed by atoms with Gasteiger partial charge in [-0.15, -0.1) is 0 Å². The Morgan fingerprint density at radius 3 is 2.38 bits per heavy atom. The van der Waals surface area contributed by atoms with E-state index in [0.717, 1.165) is 30.3 Å². The molecule has 0 radical (unpaired) electrons. The molecule has 0 saturated carbocycles. The minimum absolute atomic E-state index is 0.111. The van der Waals surface area contributed by atoms with Crippen molar-refractivity contribution in [2.24, 2.45) is 0 Å². The van der Waals surface area contributed by atoms with Crippen LogP contribution in [0.2, 0.25) is 0 Å². The summed E-state index contributed by atoms with van der Waals surface area (Å²) in [4.78, 5) is 22.1. The number of halogens is 2. The fourth-order valence-corrected chi connectivity index (χ4v) is 1.69. The number of carbonyl (C=O) groups excluding carboxylic acids is 1. The third-order valence-electron chi connectivity index (χ3n) is 2.66. The number of nitrogens with zero attached hydrogens (tertiary/aromatic N) is 1. The number of benzene rings is 2. The fraction of sp³-hybridized carbons (Fsp3) is 0. The lowest BCUT2D eigenvalue weighted by molar-refractivity contribution is -0.385. The molecule has 0 saturated heterocycles. The maximum Gasteiger partial charge on any atom is 0.282 e. The number of para-hydroxylation sites is 1. The third kappa shape index (κ3) is 2.94. The van der Waals surface area contributed by atoms with Crippen LogP contribution in [0, 0.1) is 21.7 Å². The molecule has 0 aliphatic rings. The van der Waals surface area contributed by atoms with Gasteiger partial charge in [0.25, 0.3) is 11.6 Å². The Morgan fingerprint density at radius 2 is 1.81 bits per heavy atom. The second-order valence-electron chi connectivity index (χ2n) is 4.08. The first kappa shape index (κ1) is 14.4. The predicted octanol–water partition coefficient (Wildman–Crippen LogP) is 2.71. The largest absolute Gasteiger partial charge is 0.399 e. The third-order valence-corrected chi connectivity index (χ3v) is 2.66. The van der Waals surface area contributed by atoms with E-state index in [-0.39, 0.29) is 11.3 Å². The van der Waals surface area contributed by atoms with E-state index >= 15 is 0 Å². The van der Waals surface area contributed by atoms with Crippen molar-refractivity contribution in [1.29, 1.82) is 0 Å². The Morgan fingerprint density at radius 1 is 1.19 bits per heavy atom. The Bertz CT molecular complexity index is 714. The predicted molar refractivity (Wildman–Crippen MR) is 71.8 cm³/mol. The maximum absolute atomic E-state index is 13.5. The van der Waals surface area contributed by atoms with Gasteiger partial charge in [0.05, 0.1) is 4.92 Å². The van der Waals surface area contributed by atoms with Crippen molar-refractivity contribution < 1.29 is 18.5 Å². The molecule has 0 bridgehead atoms. The summed E-state index contributed by atoms with van der Waals surface area (Å²) in [6.45, 7) is 0. The Kier molecular flexibility index (Phi) is 3.79. The molecule has 0 aromatic heterocycles. The van der Waals surface area contributed by atoms with Crippen LogP contribution in [0.3, 0.4) is 0 Å². The van der Waals surface area contributed by atoms with Gasteiger partial charge in [0, 0.05) is 11.8 Å². The summed E-state index contributed by atoms with van der Waals surface area (Å²) >= 11 is 0. The summed E-state index contributed by atoms with van der Waals surface area (Å²) in [6.07, 6.45) is 0. The molecule has 108 valence electrons. The topological polar surface area (TPSA) is 98.3 Å². The van der Waals surface area contributed by atoms with Crippen molar-refractivity contribution in [2.75, 3.05) is 11.1 Å². The van der Waals surface area contributed by atoms with Gasteiger partial charge in [0.2, 0.25) is 0 Å². The number of nitrogens with two attached hydrogens (primary N) is 1. The first-order valence-corrected chi connectivity index (χ1v) is 5.69. The molecule has 8 heteroatoms. The van der Waals surface area contributed by atoms with Gasteiger partial charge in [-0.1, -0.05) is 6.07 Å². The van der Waals surface area contributed by atoms with Crippen LogP contribution in [0.1, 0.15) is 10.4 Å². The quantitative estimate of drug-likeness (QED) is 0.516. The van der Waals surface area contributed by atoms with Crippen LogP contribution < -0.4 is 11.1 Å². The average Bonchev–Trinajstić information content (AvgIpc) is 2.42. The lowest BCUT2D eigenvalue weighted by Crippen LogP contribution is -2.16. The highest BCUT2D eigenvalue weighted by molar-refractivity contribution is 6.07. The van der Waals surface area contributed by atoms with Crippen LogP contribution in [0.15, 0.2) is 36.4 Å². The van der Waals surface area contributed by atoms with Crippen molar-refractivity contribution >= 4 is 23.0 Å². The van der Waals surface area contributed by atoms with Gasteiger partial charge in [0.1, 0.15) is 22.9 Å². The first-order valence-electron chi connectivity index (χ1n) is 5.69. The summed E-state index contributed by atoms with van der Waals surface area (Å²) in [7, 11) is 0. The molecule has 21 heavy (non-hydrogen) atoms. The van der Waals surface area contributed by atoms with Crippen molar-refractivity contribution in [2.45, 2.75) is 0 Å². The zero-order valence-electron chi connectivity index (χ0n) is 10.5. The summed E-state index contributed by atoms with van der Waals surface area (Å²) < 4.78 is 26.9. The summed E-state index contributed by atoms with van der Waals surface area (Å²) in [5.41, 5.74) is 4.00. The highest BCUT2D eigenvalue weighted by Crippen LogP contribution is 2.24. The summed E-state index contributed by atoms with van der Waals surface area (Å²) in [5, 5.41) is 12.8. The van der Waals surface area contributed by atoms with Gasteiger partial charge in [-0.3, -0.25) is 14.9 Å². The maximum atomic E-state index is 13.5. The molecule has 0 spiro atoms. The summed E-state index contributed by atoms with van der Waals surface area (Å²) in [5.74, 6) is -3.01. The molecule has 0 heterocycles. The van der Waals surface area contributed by atoms with E-state index < -0.39 is 33.8 Å². The standard InChI is InChI=1S/C13H9F2N3O3/c14-9-2-1-3-10(15)12(9)17-13(19)8-6-7(16)4-5-11(8)18(20)21/h1-6H,16H2,(H,17,19). The van der Waals surface area contributed by atoms with E-state index in [1.54, 1.807) is 0 Å². The molecule has 2 aromatic rings. The molecular formula is C13H9F2N3O3. The normalized spacial score (nSPS) is 10.2. The van der Waals surface area contributed by atoms with Crippen LogP contribution in [-0.2, 0) is 0 Å². The van der Waals surface area contributed by atoms with Crippen LogP contribution in [0.5, 0.6) is 0 Å². The number of nitrogens with one attached hydrogen (secondary N) is 1. The monoisotopic (exact) mass is 293 g/mol. The van der Waals surface area contributed by atoms with Gasteiger partial charge in [-0.2, -0.15) is 0 Å². The van der Waals surface area contributed by atoms with E-state index in [0.29, 0.717) is 0 Å². The van der Waals surface area contributed by atoms with Gasteiger partial charge in [-0.25, -0.2) is 8.78 Å². The molecule has 6 nitrogen and oxygen atoms in total. The second-order valence-corrected chi connectivity index (χ2v) is 4.08.